The fourth-order valence-electron chi connectivity index (χ4n) is 3.30. The lowest BCUT2D eigenvalue weighted by molar-refractivity contribution is -0.154. The molecule has 4 nitrogen and oxygen atoms in total. The number of hydrogen-bond donors (Lipinski definition) is 0. The van der Waals surface area contributed by atoms with Gasteiger partial charge in [-0.1, -0.05) is 22.9 Å². The van der Waals surface area contributed by atoms with E-state index in [2.05, 4.69) is 15.9 Å². The summed E-state index contributed by atoms with van der Waals surface area (Å²) in [5, 5.41) is 0. The number of hydrogen-bond acceptors (Lipinski definition) is 4. The second-order valence-corrected chi connectivity index (χ2v) is 6.32. The highest BCUT2D eigenvalue weighted by molar-refractivity contribution is 9.09. The molecule has 0 saturated heterocycles. The molecule has 102 valence electrons. The average molecular weight is 319 g/mol. The molecule has 5 heteroatoms. The molecule has 2 rings (SSSR count). The topological polar surface area (TPSA) is 52.6 Å². The van der Waals surface area contributed by atoms with Crippen molar-refractivity contribution in [3.05, 3.63) is 0 Å². The molecule has 2 bridgehead atoms. The van der Waals surface area contributed by atoms with Crippen molar-refractivity contribution < 1.29 is 19.1 Å². The predicted octanol–water partition coefficient (Wildman–Crippen LogP) is 2.29. The summed E-state index contributed by atoms with van der Waals surface area (Å²) in [6, 6.07) is 0. The zero-order valence-electron chi connectivity index (χ0n) is 10.7. The van der Waals surface area contributed by atoms with E-state index in [9.17, 15) is 9.59 Å². The zero-order valence-corrected chi connectivity index (χ0v) is 12.3. The number of alkyl halides is 1. The fraction of sp³-hybridized carbons (Fsp3) is 0.846. The van der Waals surface area contributed by atoms with Crippen LogP contribution in [-0.2, 0) is 19.1 Å². The second-order valence-electron chi connectivity index (χ2n) is 5.14. The van der Waals surface area contributed by atoms with Crippen LogP contribution in [0.4, 0.5) is 0 Å². The van der Waals surface area contributed by atoms with Gasteiger partial charge in [0.15, 0.2) is 0 Å². The van der Waals surface area contributed by atoms with E-state index in [0.29, 0.717) is 11.2 Å². The number of esters is 2. The average Bonchev–Trinajstić information content (AvgIpc) is 2.82. The first-order chi connectivity index (χ1) is 8.58. The molecule has 2 aliphatic rings. The molecule has 0 amide bonds. The van der Waals surface area contributed by atoms with Gasteiger partial charge >= 0.3 is 11.9 Å². The molecular weight excluding hydrogens is 300 g/mol. The molecule has 0 aromatic rings. The van der Waals surface area contributed by atoms with Crippen molar-refractivity contribution in [1.82, 2.24) is 0 Å². The second kappa shape index (κ2) is 5.59. The van der Waals surface area contributed by atoms with Crippen molar-refractivity contribution in [3.63, 3.8) is 0 Å². The van der Waals surface area contributed by atoms with Gasteiger partial charge in [0.2, 0.25) is 0 Å². The molecule has 0 heterocycles. The molecule has 0 radical (unpaired) electrons. The summed E-state index contributed by atoms with van der Waals surface area (Å²) >= 11 is 3.61. The number of rotatable bonds is 4. The lowest BCUT2D eigenvalue weighted by Crippen LogP contribution is -2.28. The summed E-state index contributed by atoms with van der Waals surface area (Å²) in [4.78, 5) is 23.7. The smallest absolute Gasteiger partial charge is 0.309 e. The quantitative estimate of drug-likeness (QED) is 0.589. The lowest BCUT2D eigenvalue weighted by Gasteiger charge is -2.24. The Kier molecular flexibility index (Phi) is 4.30. The molecule has 5 atom stereocenters. The van der Waals surface area contributed by atoms with E-state index in [1.54, 1.807) is 0 Å². The largest absolute Gasteiger partial charge is 0.469 e. The van der Waals surface area contributed by atoms with Crippen molar-refractivity contribution >= 4 is 27.9 Å². The van der Waals surface area contributed by atoms with Crippen molar-refractivity contribution in [2.24, 2.45) is 17.8 Å². The van der Waals surface area contributed by atoms with Crippen molar-refractivity contribution in [3.8, 4) is 0 Å². The normalized spacial score (nSPS) is 37.6. The summed E-state index contributed by atoms with van der Waals surface area (Å²) in [5.41, 5.74) is 0. The molecule has 2 aliphatic carbocycles. The van der Waals surface area contributed by atoms with E-state index >= 15 is 0 Å². The van der Waals surface area contributed by atoms with Crippen molar-refractivity contribution in [2.75, 3.05) is 7.11 Å². The van der Waals surface area contributed by atoms with Gasteiger partial charge in [-0.2, -0.15) is 0 Å². The molecule has 0 aromatic heterocycles. The van der Waals surface area contributed by atoms with Gasteiger partial charge in [0.25, 0.3) is 0 Å². The third kappa shape index (κ3) is 2.42. The Morgan fingerprint density at radius 2 is 2.00 bits per heavy atom. The van der Waals surface area contributed by atoms with Crippen LogP contribution in [-0.4, -0.2) is 30.0 Å². The minimum absolute atomic E-state index is 0.105. The van der Waals surface area contributed by atoms with Crippen LogP contribution in [0.2, 0.25) is 0 Å². The lowest BCUT2D eigenvalue weighted by atomic mass is 9.97. The van der Waals surface area contributed by atoms with Gasteiger partial charge in [-0.3, -0.25) is 9.59 Å². The van der Waals surface area contributed by atoms with Crippen LogP contribution in [0.3, 0.4) is 0 Å². The minimum Gasteiger partial charge on any atom is -0.469 e. The maximum atomic E-state index is 11.8. The Labute approximate surface area is 116 Å². The molecule has 2 fully saturated rings. The number of fused-ring (bicyclic) bond motifs is 2. The van der Waals surface area contributed by atoms with E-state index in [4.69, 9.17) is 9.47 Å². The molecule has 2 saturated carbocycles. The maximum absolute atomic E-state index is 11.8. The van der Waals surface area contributed by atoms with Crippen molar-refractivity contribution in [2.45, 2.75) is 43.5 Å². The first-order valence-corrected chi connectivity index (χ1v) is 7.41. The van der Waals surface area contributed by atoms with Gasteiger partial charge in [0, 0.05) is 17.2 Å². The number of carbonyl (C=O) groups excluding carboxylic acids is 2. The van der Waals surface area contributed by atoms with Crippen LogP contribution in [0.5, 0.6) is 0 Å². The van der Waals surface area contributed by atoms with Gasteiger partial charge < -0.3 is 9.47 Å². The SMILES string of the molecule is CCCC(=O)O[C@H]1C[C@@H]2C(C(=O)OC)[C@H]1C[C@H]2Br. The molecule has 0 N–H and O–H groups in total. The summed E-state index contributed by atoms with van der Waals surface area (Å²) in [6.07, 6.45) is 2.80. The number of halogens is 1. The van der Waals surface area contributed by atoms with Gasteiger partial charge in [0.05, 0.1) is 13.0 Å². The Morgan fingerprint density at radius 3 is 2.61 bits per heavy atom. The minimum atomic E-state index is -0.166. The number of ether oxygens (including phenoxy) is 2. The van der Waals surface area contributed by atoms with Gasteiger partial charge in [-0.15, -0.1) is 0 Å². The van der Waals surface area contributed by atoms with Gasteiger partial charge in [0.1, 0.15) is 6.10 Å². The van der Waals surface area contributed by atoms with E-state index in [1.807, 2.05) is 6.92 Å². The molecule has 18 heavy (non-hydrogen) atoms. The van der Waals surface area contributed by atoms with Crippen LogP contribution in [0, 0.1) is 17.8 Å². The molecular formula is C13H19BrO4. The monoisotopic (exact) mass is 318 g/mol. The number of methoxy groups -OCH3 is 1. The highest BCUT2D eigenvalue weighted by Gasteiger charge is 2.57. The van der Waals surface area contributed by atoms with Crippen LogP contribution in [0.25, 0.3) is 0 Å². The van der Waals surface area contributed by atoms with E-state index in [-0.39, 0.29) is 35.8 Å². The third-order valence-electron chi connectivity index (χ3n) is 4.08. The van der Waals surface area contributed by atoms with Crippen LogP contribution in [0.15, 0.2) is 0 Å². The van der Waals surface area contributed by atoms with E-state index < -0.39 is 0 Å². The van der Waals surface area contributed by atoms with Gasteiger partial charge in [-0.05, 0) is 25.2 Å². The fourth-order valence-corrected chi connectivity index (χ4v) is 4.27. The van der Waals surface area contributed by atoms with Gasteiger partial charge in [-0.25, -0.2) is 0 Å². The highest BCUT2D eigenvalue weighted by Crippen LogP contribution is 2.53. The summed E-state index contributed by atoms with van der Waals surface area (Å²) in [5.74, 6) is -0.0703. The van der Waals surface area contributed by atoms with Crippen molar-refractivity contribution in [1.29, 1.82) is 0 Å². The predicted molar refractivity (Wildman–Crippen MR) is 69.2 cm³/mol. The highest BCUT2D eigenvalue weighted by atomic mass is 79.9. The third-order valence-corrected chi connectivity index (χ3v) is 5.13. The Morgan fingerprint density at radius 1 is 1.28 bits per heavy atom. The molecule has 1 unspecified atom stereocenters. The summed E-state index contributed by atoms with van der Waals surface area (Å²) < 4.78 is 10.4. The summed E-state index contributed by atoms with van der Waals surface area (Å²) in [6.45, 7) is 1.95. The van der Waals surface area contributed by atoms with Crippen LogP contribution < -0.4 is 0 Å². The van der Waals surface area contributed by atoms with E-state index in [0.717, 1.165) is 19.3 Å². The van der Waals surface area contributed by atoms with Crippen LogP contribution in [0.1, 0.15) is 32.6 Å². The van der Waals surface area contributed by atoms with Crippen LogP contribution >= 0.6 is 15.9 Å². The Balaban J connectivity index is 2.02. The number of carbonyl (C=O) groups is 2. The Bertz CT molecular complexity index is 344. The maximum Gasteiger partial charge on any atom is 0.309 e. The zero-order chi connectivity index (χ0) is 13.3. The first kappa shape index (κ1) is 13.8. The standard InChI is InChI=1S/C13H19BrO4/c1-3-4-11(15)18-10-6-7-9(14)5-8(10)12(7)13(16)17-2/h7-10,12H,3-6H2,1-2H3/t7-,8-,9+,10-,12?/m0/s1. The first-order valence-electron chi connectivity index (χ1n) is 6.49. The summed E-state index contributed by atoms with van der Waals surface area (Å²) in [7, 11) is 1.42. The molecule has 0 aliphatic heterocycles. The molecule has 0 spiro atoms. The Hall–Kier alpha value is -0.580. The van der Waals surface area contributed by atoms with E-state index in [1.165, 1.54) is 7.11 Å². The molecule has 0 aromatic carbocycles.